The molecule has 0 aliphatic rings. The number of aromatic nitrogens is 1. The summed E-state index contributed by atoms with van der Waals surface area (Å²) in [5, 5.41) is 2.40. The predicted molar refractivity (Wildman–Crippen MR) is 103 cm³/mol. The summed E-state index contributed by atoms with van der Waals surface area (Å²) in [4.78, 5) is 0.269. The number of aryl methyl sites for hydroxylation is 1. The highest BCUT2D eigenvalue weighted by Gasteiger charge is 2.24. The molecule has 0 saturated carbocycles. The van der Waals surface area contributed by atoms with E-state index in [1.54, 1.807) is 42.5 Å². The summed E-state index contributed by atoms with van der Waals surface area (Å²) in [6.45, 7) is 2.06. The van der Waals surface area contributed by atoms with Gasteiger partial charge in [0.25, 0.3) is 10.0 Å². The zero-order valence-electron chi connectivity index (χ0n) is 13.6. The quantitative estimate of drug-likeness (QED) is 0.495. The van der Waals surface area contributed by atoms with Gasteiger partial charge in [0.15, 0.2) is 0 Å². The first kappa shape index (κ1) is 16.2. The predicted octanol–water partition coefficient (Wildman–Crippen LogP) is 5.25. The lowest BCUT2D eigenvalue weighted by Crippen LogP contribution is -2.12. The molecule has 4 rings (SSSR count). The summed E-state index contributed by atoms with van der Waals surface area (Å²) >= 11 is 6.20. The van der Waals surface area contributed by atoms with Gasteiger partial charge in [0.2, 0.25) is 0 Å². The average Bonchev–Trinajstić information content (AvgIpc) is 2.96. The van der Waals surface area contributed by atoms with Crippen LogP contribution in [0, 0.1) is 0 Å². The lowest BCUT2D eigenvalue weighted by Gasteiger charge is -2.09. The van der Waals surface area contributed by atoms with Crippen molar-refractivity contribution in [1.82, 2.24) is 3.97 Å². The molecule has 4 aromatic rings. The van der Waals surface area contributed by atoms with Gasteiger partial charge in [0.05, 0.1) is 15.9 Å². The fourth-order valence-electron chi connectivity index (χ4n) is 3.33. The maximum Gasteiger partial charge on any atom is 0.268 e. The van der Waals surface area contributed by atoms with Gasteiger partial charge in [-0.3, -0.25) is 0 Å². The van der Waals surface area contributed by atoms with Crippen molar-refractivity contribution >= 4 is 43.4 Å². The van der Waals surface area contributed by atoms with Crippen molar-refractivity contribution in [1.29, 1.82) is 0 Å². The minimum atomic E-state index is -3.71. The van der Waals surface area contributed by atoms with Crippen LogP contribution >= 0.6 is 11.6 Å². The van der Waals surface area contributed by atoms with E-state index in [4.69, 9.17) is 11.6 Å². The Hall–Kier alpha value is -2.30. The first-order chi connectivity index (χ1) is 12.0. The van der Waals surface area contributed by atoms with E-state index in [-0.39, 0.29) is 4.90 Å². The van der Waals surface area contributed by atoms with E-state index in [0.29, 0.717) is 16.1 Å². The fourth-order valence-corrected chi connectivity index (χ4v) is 5.05. The van der Waals surface area contributed by atoms with Crippen LogP contribution in [0.5, 0.6) is 0 Å². The van der Waals surface area contributed by atoms with Crippen LogP contribution in [0.15, 0.2) is 71.6 Å². The summed E-state index contributed by atoms with van der Waals surface area (Å²) in [6, 6.07) is 19.6. The lowest BCUT2D eigenvalue weighted by molar-refractivity contribution is 0.590. The van der Waals surface area contributed by atoms with Crippen molar-refractivity contribution in [3.8, 4) is 0 Å². The maximum atomic E-state index is 13.3. The second kappa shape index (κ2) is 5.90. The minimum absolute atomic E-state index is 0.269. The van der Waals surface area contributed by atoms with Gasteiger partial charge in [-0.05, 0) is 48.4 Å². The van der Waals surface area contributed by atoms with Gasteiger partial charge in [0.1, 0.15) is 0 Å². The van der Waals surface area contributed by atoms with E-state index in [2.05, 4.69) is 6.92 Å². The number of nitrogens with zero attached hydrogens (tertiary/aromatic N) is 1. The van der Waals surface area contributed by atoms with Gasteiger partial charge in [-0.25, -0.2) is 12.4 Å². The van der Waals surface area contributed by atoms with E-state index in [1.807, 2.05) is 24.3 Å². The fraction of sp³-hybridized carbons (Fsp3) is 0.100. The molecule has 0 aliphatic heterocycles. The molecule has 0 saturated heterocycles. The van der Waals surface area contributed by atoms with E-state index < -0.39 is 10.0 Å². The normalized spacial score (nSPS) is 12.1. The van der Waals surface area contributed by atoms with Gasteiger partial charge in [0, 0.05) is 15.8 Å². The SMILES string of the molecule is CCc1cccc2c1c1cc(Cl)ccc1n2S(=O)(=O)c1ccccc1. The van der Waals surface area contributed by atoms with Crippen LogP contribution in [-0.4, -0.2) is 12.4 Å². The average molecular weight is 370 g/mol. The molecular weight excluding hydrogens is 354 g/mol. The Morgan fingerprint density at radius 2 is 1.68 bits per heavy atom. The van der Waals surface area contributed by atoms with Crippen molar-refractivity contribution in [2.75, 3.05) is 0 Å². The Bertz CT molecular complexity index is 1190. The molecule has 25 heavy (non-hydrogen) atoms. The second-order valence-electron chi connectivity index (χ2n) is 5.91. The number of rotatable bonds is 3. The molecule has 3 nitrogen and oxygen atoms in total. The van der Waals surface area contributed by atoms with Crippen LogP contribution in [0.2, 0.25) is 5.02 Å². The number of fused-ring (bicyclic) bond motifs is 3. The highest BCUT2D eigenvalue weighted by atomic mass is 35.5. The molecule has 0 bridgehead atoms. The van der Waals surface area contributed by atoms with Gasteiger partial charge in [-0.2, -0.15) is 0 Å². The van der Waals surface area contributed by atoms with E-state index in [0.717, 1.165) is 22.8 Å². The molecule has 0 unspecified atom stereocenters. The summed E-state index contributed by atoms with van der Waals surface area (Å²) in [5.74, 6) is 0. The van der Waals surface area contributed by atoms with Crippen LogP contribution in [0.1, 0.15) is 12.5 Å². The topological polar surface area (TPSA) is 39.1 Å². The third-order valence-electron chi connectivity index (χ3n) is 4.46. The second-order valence-corrected chi connectivity index (χ2v) is 8.13. The number of hydrogen-bond donors (Lipinski definition) is 0. The highest BCUT2D eigenvalue weighted by Crippen LogP contribution is 2.36. The number of hydrogen-bond acceptors (Lipinski definition) is 2. The Morgan fingerprint density at radius 1 is 0.920 bits per heavy atom. The first-order valence-electron chi connectivity index (χ1n) is 8.06. The van der Waals surface area contributed by atoms with Gasteiger partial charge >= 0.3 is 0 Å². The van der Waals surface area contributed by atoms with Crippen molar-refractivity contribution in [2.24, 2.45) is 0 Å². The zero-order chi connectivity index (χ0) is 17.6. The van der Waals surface area contributed by atoms with Crippen molar-refractivity contribution in [3.05, 3.63) is 77.3 Å². The largest absolute Gasteiger partial charge is 0.268 e. The van der Waals surface area contributed by atoms with E-state index in [9.17, 15) is 8.42 Å². The third-order valence-corrected chi connectivity index (χ3v) is 6.43. The van der Waals surface area contributed by atoms with Crippen LogP contribution in [-0.2, 0) is 16.4 Å². The Morgan fingerprint density at radius 3 is 2.40 bits per heavy atom. The monoisotopic (exact) mass is 369 g/mol. The summed E-state index contributed by atoms with van der Waals surface area (Å²) < 4.78 is 28.1. The number of halogens is 1. The standard InChI is InChI=1S/C20H16ClNO2S/c1-2-14-7-6-10-19-20(14)17-13-15(21)11-12-18(17)22(19)25(23,24)16-8-4-3-5-9-16/h3-13H,2H2,1H3. The van der Waals surface area contributed by atoms with Crippen LogP contribution in [0.3, 0.4) is 0 Å². The van der Waals surface area contributed by atoms with E-state index in [1.165, 1.54) is 3.97 Å². The molecule has 0 N–H and O–H groups in total. The lowest BCUT2D eigenvalue weighted by atomic mass is 10.0. The van der Waals surface area contributed by atoms with Crippen LogP contribution in [0.25, 0.3) is 21.8 Å². The molecular formula is C20H16ClNO2S. The first-order valence-corrected chi connectivity index (χ1v) is 9.88. The molecule has 0 radical (unpaired) electrons. The summed E-state index contributed by atoms with van der Waals surface area (Å²) in [7, 11) is -3.71. The summed E-state index contributed by atoms with van der Waals surface area (Å²) in [5.41, 5.74) is 2.43. The highest BCUT2D eigenvalue weighted by molar-refractivity contribution is 7.90. The van der Waals surface area contributed by atoms with Crippen molar-refractivity contribution in [2.45, 2.75) is 18.2 Å². The molecule has 1 heterocycles. The Labute approximate surface area is 151 Å². The van der Waals surface area contributed by atoms with Crippen molar-refractivity contribution in [3.63, 3.8) is 0 Å². The molecule has 0 aliphatic carbocycles. The minimum Gasteiger partial charge on any atom is -0.233 e. The molecule has 0 fully saturated rings. The molecule has 0 amide bonds. The molecule has 0 atom stereocenters. The number of benzene rings is 3. The molecule has 3 aromatic carbocycles. The maximum absolute atomic E-state index is 13.3. The van der Waals surface area contributed by atoms with Crippen molar-refractivity contribution < 1.29 is 8.42 Å². The van der Waals surface area contributed by atoms with E-state index >= 15 is 0 Å². The van der Waals surface area contributed by atoms with Gasteiger partial charge in [-0.15, -0.1) is 0 Å². The Balaban J connectivity index is 2.21. The summed E-state index contributed by atoms with van der Waals surface area (Å²) in [6.07, 6.45) is 0.814. The molecule has 1 aromatic heterocycles. The molecule has 126 valence electrons. The van der Waals surface area contributed by atoms with Crippen LogP contribution in [0.4, 0.5) is 0 Å². The van der Waals surface area contributed by atoms with Gasteiger partial charge in [-0.1, -0.05) is 48.9 Å². The van der Waals surface area contributed by atoms with Crippen LogP contribution < -0.4 is 0 Å². The molecule has 0 spiro atoms. The zero-order valence-corrected chi connectivity index (χ0v) is 15.2. The smallest absolute Gasteiger partial charge is 0.233 e. The Kier molecular flexibility index (Phi) is 3.82. The van der Waals surface area contributed by atoms with Gasteiger partial charge < -0.3 is 0 Å². The third kappa shape index (κ3) is 2.44. The molecule has 5 heteroatoms.